The number of benzene rings is 1. The summed E-state index contributed by atoms with van der Waals surface area (Å²) in [6.45, 7) is 5.82. The van der Waals surface area contributed by atoms with Crippen LogP contribution in [0.5, 0.6) is 0 Å². The van der Waals surface area contributed by atoms with Crippen LogP contribution in [0, 0.1) is 26.2 Å². The van der Waals surface area contributed by atoms with E-state index in [1.165, 1.54) is 5.56 Å². The fourth-order valence-electron chi connectivity index (χ4n) is 2.04. The molecule has 0 bridgehead atoms. The van der Waals surface area contributed by atoms with Crippen LogP contribution in [0.2, 0.25) is 0 Å². The van der Waals surface area contributed by atoms with E-state index in [0.717, 1.165) is 16.9 Å². The first-order chi connectivity index (χ1) is 9.41. The maximum absolute atomic E-state index is 7.79. The number of rotatable bonds is 3. The van der Waals surface area contributed by atoms with Gasteiger partial charge in [-0.3, -0.25) is 5.41 Å². The lowest BCUT2D eigenvalue weighted by molar-refractivity contribution is 0.930. The summed E-state index contributed by atoms with van der Waals surface area (Å²) in [5.74, 6) is 0.610. The summed E-state index contributed by atoms with van der Waals surface area (Å²) in [6, 6.07) is 8.09. The highest BCUT2D eigenvalue weighted by Gasteiger charge is 2.17. The van der Waals surface area contributed by atoms with Crippen molar-refractivity contribution in [1.82, 2.24) is 10.2 Å². The molecule has 0 saturated heterocycles. The van der Waals surface area contributed by atoms with Gasteiger partial charge in [0.05, 0.1) is 11.3 Å². The van der Waals surface area contributed by atoms with Crippen LogP contribution in [0.4, 0.5) is 11.5 Å². The van der Waals surface area contributed by atoms with Crippen LogP contribution in [0.15, 0.2) is 24.3 Å². The fraction of sp³-hybridized carbons (Fsp3) is 0.267. The highest BCUT2D eigenvalue weighted by molar-refractivity contribution is 6.01. The smallest absolute Gasteiger partial charge is 0.166 e. The van der Waals surface area contributed by atoms with Gasteiger partial charge >= 0.3 is 0 Å². The zero-order valence-corrected chi connectivity index (χ0v) is 12.2. The lowest BCUT2D eigenvalue weighted by atomic mass is 10.1. The Morgan fingerprint density at radius 1 is 1.10 bits per heavy atom. The summed E-state index contributed by atoms with van der Waals surface area (Å²) in [5.41, 5.74) is 10.2. The van der Waals surface area contributed by atoms with Crippen molar-refractivity contribution < 1.29 is 0 Å². The summed E-state index contributed by atoms with van der Waals surface area (Å²) in [5, 5.41) is 16.1. The van der Waals surface area contributed by atoms with Crippen LogP contribution < -0.4 is 10.6 Å². The van der Waals surface area contributed by atoms with E-state index >= 15 is 0 Å². The Morgan fingerprint density at radius 3 is 2.25 bits per heavy atom. The van der Waals surface area contributed by atoms with E-state index in [2.05, 4.69) is 10.2 Å². The summed E-state index contributed by atoms with van der Waals surface area (Å²) < 4.78 is 0. The number of nitrogens with zero attached hydrogens (tertiary/aromatic N) is 3. The van der Waals surface area contributed by atoms with Gasteiger partial charge in [-0.05, 0) is 38.5 Å². The van der Waals surface area contributed by atoms with Gasteiger partial charge < -0.3 is 10.6 Å². The van der Waals surface area contributed by atoms with E-state index < -0.39 is 0 Å². The van der Waals surface area contributed by atoms with Crippen LogP contribution in [-0.2, 0) is 0 Å². The largest absolute Gasteiger partial charge is 0.384 e. The molecular formula is C15H19N5. The first-order valence-corrected chi connectivity index (χ1v) is 6.40. The number of anilines is 2. The van der Waals surface area contributed by atoms with Crippen LogP contribution in [0.1, 0.15) is 22.4 Å². The molecule has 0 radical (unpaired) electrons. The highest BCUT2D eigenvalue weighted by atomic mass is 15.3. The molecule has 1 aromatic heterocycles. The van der Waals surface area contributed by atoms with E-state index in [-0.39, 0.29) is 5.84 Å². The first kappa shape index (κ1) is 14.0. The Bertz CT molecular complexity index is 646. The van der Waals surface area contributed by atoms with Gasteiger partial charge in [0.2, 0.25) is 0 Å². The Kier molecular flexibility index (Phi) is 3.70. The van der Waals surface area contributed by atoms with Crippen molar-refractivity contribution in [2.45, 2.75) is 20.8 Å². The fourth-order valence-corrected chi connectivity index (χ4v) is 2.04. The number of amidine groups is 1. The normalized spacial score (nSPS) is 10.4. The van der Waals surface area contributed by atoms with Gasteiger partial charge in [0.15, 0.2) is 5.82 Å². The van der Waals surface area contributed by atoms with E-state index in [0.29, 0.717) is 11.4 Å². The third kappa shape index (κ3) is 2.47. The maximum Gasteiger partial charge on any atom is 0.166 e. The van der Waals surface area contributed by atoms with Crippen molar-refractivity contribution in [3.05, 3.63) is 46.6 Å². The molecule has 0 aliphatic rings. The number of hydrogen-bond acceptors (Lipinski definition) is 4. The van der Waals surface area contributed by atoms with Crippen LogP contribution >= 0.6 is 0 Å². The van der Waals surface area contributed by atoms with Crippen LogP contribution in [-0.4, -0.2) is 23.1 Å². The number of hydrogen-bond donors (Lipinski definition) is 2. The molecule has 0 aliphatic carbocycles. The molecule has 2 aromatic rings. The van der Waals surface area contributed by atoms with Crippen LogP contribution in [0.25, 0.3) is 0 Å². The van der Waals surface area contributed by atoms with Crippen molar-refractivity contribution in [2.75, 3.05) is 11.9 Å². The predicted molar refractivity (Wildman–Crippen MR) is 81.8 cm³/mol. The van der Waals surface area contributed by atoms with Gasteiger partial charge in [-0.2, -0.15) is 5.10 Å². The third-order valence-corrected chi connectivity index (χ3v) is 3.44. The quantitative estimate of drug-likeness (QED) is 0.662. The Labute approximate surface area is 119 Å². The average Bonchev–Trinajstić information content (AvgIpc) is 2.41. The average molecular weight is 269 g/mol. The maximum atomic E-state index is 7.79. The lowest BCUT2D eigenvalue weighted by Crippen LogP contribution is -2.22. The Balaban J connectivity index is 2.54. The van der Waals surface area contributed by atoms with Crippen molar-refractivity contribution >= 4 is 17.3 Å². The number of nitrogen functional groups attached to an aromatic ring is 1. The Hall–Kier alpha value is -2.43. The highest BCUT2D eigenvalue weighted by Crippen LogP contribution is 2.27. The monoisotopic (exact) mass is 269 g/mol. The number of nitrogens with one attached hydrogen (secondary N) is 1. The minimum Gasteiger partial charge on any atom is -0.384 e. The summed E-state index contributed by atoms with van der Waals surface area (Å²) >= 11 is 0. The van der Waals surface area contributed by atoms with E-state index in [4.69, 9.17) is 11.1 Å². The van der Waals surface area contributed by atoms with E-state index in [1.54, 1.807) is 0 Å². The molecule has 0 fully saturated rings. The molecule has 5 nitrogen and oxygen atoms in total. The summed E-state index contributed by atoms with van der Waals surface area (Å²) in [6.07, 6.45) is 0. The van der Waals surface area contributed by atoms with Gasteiger partial charge in [-0.1, -0.05) is 17.7 Å². The SMILES string of the molecule is Cc1ccc(N(C)c2nnc(C)c(C)c2C(=N)N)cc1. The van der Waals surface area contributed by atoms with Crippen molar-refractivity contribution in [2.24, 2.45) is 5.73 Å². The molecule has 5 heteroatoms. The minimum atomic E-state index is 0.00876. The molecule has 0 saturated carbocycles. The minimum absolute atomic E-state index is 0.00876. The van der Waals surface area contributed by atoms with Gasteiger partial charge in [-0.25, -0.2) is 0 Å². The van der Waals surface area contributed by atoms with Gasteiger partial charge in [0.1, 0.15) is 5.84 Å². The van der Waals surface area contributed by atoms with Crippen molar-refractivity contribution in [3.8, 4) is 0 Å². The molecule has 3 N–H and O–H groups in total. The third-order valence-electron chi connectivity index (χ3n) is 3.44. The standard InChI is InChI=1S/C15H19N5/c1-9-5-7-12(8-6-9)20(4)15-13(14(16)17)10(2)11(3)18-19-15/h5-8H,1-4H3,(H3,16,17). The summed E-state index contributed by atoms with van der Waals surface area (Å²) in [7, 11) is 1.90. The van der Waals surface area contributed by atoms with Crippen molar-refractivity contribution in [3.63, 3.8) is 0 Å². The molecule has 0 unspecified atom stereocenters. The topological polar surface area (TPSA) is 78.9 Å². The molecule has 104 valence electrons. The second-order valence-corrected chi connectivity index (χ2v) is 4.92. The predicted octanol–water partition coefficient (Wildman–Crippen LogP) is 2.45. The number of nitrogens with two attached hydrogens (primary N) is 1. The number of aromatic nitrogens is 2. The molecule has 2 rings (SSSR count). The molecule has 0 spiro atoms. The zero-order chi connectivity index (χ0) is 14.9. The molecule has 0 aliphatic heterocycles. The molecule has 0 atom stereocenters. The van der Waals surface area contributed by atoms with Crippen molar-refractivity contribution in [1.29, 1.82) is 5.41 Å². The van der Waals surface area contributed by atoms with Gasteiger partial charge in [0, 0.05) is 12.7 Å². The van der Waals surface area contributed by atoms with Crippen LogP contribution in [0.3, 0.4) is 0 Å². The number of aryl methyl sites for hydroxylation is 2. The van der Waals surface area contributed by atoms with Gasteiger partial charge in [-0.15, -0.1) is 5.10 Å². The van der Waals surface area contributed by atoms with Gasteiger partial charge in [0.25, 0.3) is 0 Å². The lowest BCUT2D eigenvalue weighted by Gasteiger charge is -2.22. The molecule has 1 heterocycles. The Morgan fingerprint density at radius 2 is 1.70 bits per heavy atom. The molecule has 20 heavy (non-hydrogen) atoms. The molecular weight excluding hydrogens is 250 g/mol. The second-order valence-electron chi connectivity index (χ2n) is 4.92. The second kappa shape index (κ2) is 5.28. The molecule has 1 aromatic carbocycles. The first-order valence-electron chi connectivity index (χ1n) is 6.40. The zero-order valence-electron chi connectivity index (χ0n) is 12.2. The summed E-state index contributed by atoms with van der Waals surface area (Å²) in [4.78, 5) is 1.90. The molecule has 0 amide bonds. The van der Waals surface area contributed by atoms with E-state index in [9.17, 15) is 0 Å². The van der Waals surface area contributed by atoms with E-state index in [1.807, 2.05) is 57.0 Å².